The number of halogens is 1. The number of fused-ring (bicyclic) bond motifs is 2. The summed E-state index contributed by atoms with van der Waals surface area (Å²) in [6, 6.07) is 5.73. The summed E-state index contributed by atoms with van der Waals surface area (Å²) >= 11 is 0. The average molecular weight is 349 g/mol. The Morgan fingerprint density at radius 3 is 2.77 bits per heavy atom. The van der Waals surface area contributed by atoms with E-state index in [0.29, 0.717) is 33.9 Å². The Morgan fingerprint density at radius 1 is 1.12 bits per heavy atom. The van der Waals surface area contributed by atoms with E-state index in [9.17, 15) is 9.50 Å². The number of nitrogens with two attached hydrogens (primary N) is 1. The molecule has 4 heterocycles. The van der Waals surface area contributed by atoms with Gasteiger partial charge >= 0.3 is 0 Å². The number of hydrogen-bond donors (Lipinski definition) is 2. The van der Waals surface area contributed by atoms with Gasteiger partial charge in [-0.1, -0.05) is 0 Å². The molecule has 1 aromatic carbocycles. The first-order valence-electron chi connectivity index (χ1n) is 7.78. The molecule has 0 fully saturated rings. The lowest BCUT2D eigenvalue weighted by molar-refractivity contribution is 0.469. The summed E-state index contributed by atoms with van der Waals surface area (Å²) in [5, 5.41) is 18.1. The third-order valence-corrected chi connectivity index (χ3v) is 4.27. The highest BCUT2D eigenvalue weighted by Gasteiger charge is 2.26. The monoisotopic (exact) mass is 349 g/mol. The van der Waals surface area contributed by atoms with Crippen LogP contribution in [0, 0.1) is 5.82 Å². The lowest BCUT2D eigenvalue weighted by Crippen LogP contribution is -2.07. The molecule has 3 aromatic heterocycles. The number of aromatic nitrogens is 5. The van der Waals surface area contributed by atoms with Crippen LogP contribution in [0.4, 0.5) is 16.2 Å². The molecule has 1 aliphatic rings. The van der Waals surface area contributed by atoms with Crippen molar-refractivity contribution < 1.29 is 9.50 Å². The van der Waals surface area contributed by atoms with Gasteiger partial charge in [0.1, 0.15) is 22.8 Å². The van der Waals surface area contributed by atoms with Crippen LogP contribution in [0.3, 0.4) is 0 Å². The van der Waals surface area contributed by atoms with Crippen molar-refractivity contribution in [1.29, 1.82) is 0 Å². The van der Waals surface area contributed by atoms with Gasteiger partial charge in [-0.05, 0) is 18.2 Å². The summed E-state index contributed by atoms with van der Waals surface area (Å²) in [5.41, 5.74) is 9.06. The van der Waals surface area contributed by atoms with Crippen molar-refractivity contribution in [2.45, 2.75) is 0 Å². The number of hydrogen-bond acceptors (Lipinski definition) is 6. The number of benzene rings is 1. The normalized spacial score (nSPS) is 12.8. The maximum Gasteiger partial charge on any atom is 0.238 e. The van der Waals surface area contributed by atoms with E-state index in [-0.39, 0.29) is 17.3 Å². The Hall–Kier alpha value is -3.75. The minimum atomic E-state index is -0.583. The van der Waals surface area contributed by atoms with Gasteiger partial charge in [-0.25, -0.2) is 18.9 Å². The van der Waals surface area contributed by atoms with Crippen molar-refractivity contribution in [2.75, 3.05) is 5.73 Å². The van der Waals surface area contributed by atoms with Crippen LogP contribution in [0.15, 0.2) is 41.7 Å². The van der Waals surface area contributed by atoms with Gasteiger partial charge < -0.3 is 10.8 Å². The predicted octanol–water partition coefficient (Wildman–Crippen LogP) is 2.04. The average Bonchev–Trinajstić information content (AvgIpc) is 3.13. The number of aliphatic imine (C=N–C) groups is 1. The highest BCUT2D eigenvalue weighted by atomic mass is 19.1. The van der Waals surface area contributed by atoms with E-state index in [4.69, 9.17) is 5.73 Å². The van der Waals surface area contributed by atoms with Gasteiger partial charge in [0.25, 0.3) is 0 Å². The Balaban J connectivity index is 1.92. The van der Waals surface area contributed by atoms with E-state index in [2.05, 4.69) is 20.2 Å². The molecule has 0 radical (unpaired) electrons. The Bertz CT molecular complexity index is 1240. The molecule has 0 saturated heterocycles. The molecule has 0 aliphatic carbocycles. The van der Waals surface area contributed by atoms with E-state index < -0.39 is 5.82 Å². The Labute approximate surface area is 146 Å². The molecule has 0 unspecified atom stereocenters. The fourth-order valence-electron chi connectivity index (χ4n) is 3.21. The lowest BCUT2D eigenvalue weighted by atomic mass is 10.0. The van der Waals surface area contributed by atoms with Crippen LogP contribution < -0.4 is 5.73 Å². The van der Waals surface area contributed by atoms with Crippen molar-refractivity contribution in [3.8, 4) is 17.0 Å². The smallest absolute Gasteiger partial charge is 0.238 e. The molecule has 9 heteroatoms. The quantitative estimate of drug-likeness (QED) is 0.482. The first-order valence-corrected chi connectivity index (χ1v) is 7.78. The van der Waals surface area contributed by atoms with Gasteiger partial charge in [-0.15, -0.1) is 5.10 Å². The van der Waals surface area contributed by atoms with Gasteiger partial charge in [0.15, 0.2) is 5.82 Å². The molecule has 0 atom stereocenters. The highest BCUT2D eigenvalue weighted by molar-refractivity contribution is 6.20. The fraction of sp³-hybridized carbons (Fsp3) is 0.0588. The molecule has 0 saturated carbocycles. The molecular formula is C17H12FN7O. The summed E-state index contributed by atoms with van der Waals surface area (Å²) in [7, 11) is 1.77. The van der Waals surface area contributed by atoms with Gasteiger partial charge in [0.05, 0.1) is 11.3 Å². The van der Waals surface area contributed by atoms with Gasteiger partial charge in [-0.2, -0.15) is 5.10 Å². The minimum Gasteiger partial charge on any atom is -0.508 e. The van der Waals surface area contributed by atoms with Crippen molar-refractivity contribution >= 4 is 23.0 Å². The third-order valence-electron chi connectivity index (χ3n) is 4.27. The number of phenolic OH excluding ortho intramolecular Hbond substituents is 1. The summed E-state index contributed by atoms with van der Waals surface area (Å²) in [5.74, 6) is -0.215. The second-order valence-electron chi connectivity index (χ2n) is 6.01. The van der Waals surface area contributed by atoms with Crippen LogP contribution in [0.25, 0.3) is 16.8 Å². The van der Waals surface area contributed by atoms with Crippen molar-refractivity contribution in [3.05, 3.63) is 53.6 Å². The van der Waals surface area contributed by atoms with E-state index in [1.54, 1.807) is 34.7 Å². The van der Waals surface area contributed by atoms with Crippen LogP contribution >= 0.6 is 0 Å². The van der Waals surface area contributed by atoms with E-state index in [1.165, 1.54) is 12.1 Å². The minimum absolute atomic E-state index is 0.115. The molecule has 1 aliphatic heterocycles. The molecular weight excluding hydrogens is 337 g/mol. The van der Waals surface area contributed by atoms with Crippen LogP contribution in [0.2, 0.25) is 0 Å². The number of anilines is 1. The number of aryl methyl sites for hydroxylation is 1. The van der Waals surface area contributed by atoms with Crippen LogP contribution in [0.5, 0.6) is 5.75 Å². The van der Waals surface area contributed by atoms with Gasteiger partial charge in [-0.3, -0.25) is 4.68 Å². The maximum absolute atomic E-state index is 14.6. The fourth-order valence-corrected chi connectivity index (χ4v) is 3.21. The summed E-state index contributed by atoms with van der Waals surface area (Å²) < 4.78 is 17.8. The first-order chi connectivity index (χ1) is 12.5. The second-order valence-corrected chi connectivity index (χ2v) is 6.01. The highest BCUT2D eigenvalue weighted by Crippen LogP contribution is 2.37. The second kappa shape index (κ2) is 4.88. The maximum atomic E-state index is 14.6. The van der Waals surface area contributed by atoms with Crippen LogP contribution in [0.1, 0.15) is 11.1 Å². The predicted molar refractivity (Wildman–Crippen MR) is 93.0 cm³/mol. The van der Waals surface area contributed by atoms with Crippen molar-refractivity contribution in [1.82, 2.24) is 24.4 Å². The molecule has 128 valence electrons. The molecule has 3 N–H and O–H groups in total. The molecule has 8 nitrogen and oxygen atoms in total. The lowest BCUT2D eigenvalue weighted by Gasteiger charge is -2.07. The zero-order chi connectivity index (χ0) is 18.0. The standard InChI is InChI=1S/C17H12FN7O/c1-24-7-11-14-15-10(4-5-25(15)23-17(19)21-14)13(20-16(11)22-24)9-3-2-8(26)6-12(9)18/h2-7,26H,1H3,(H2,19,23). The number of phenols is 1. The largest absolute Gasteiger partial charge is 0.508 e. The number of nitrogens with zero attached hydrogens (tertiary/aromatic N) is 6. The van der Waals surface area contributed by atoms with Crippen molar-refractivity contribution in [3.63, 3.8) is 0 Å². The molecule has 26 heavy (non-hydrogen) atoms. The van der Waals surface area contributed by atoms with Crippen molar-refractivity contribution in [2.24, 2.45) is 12.0 Å². The zero-order valence-electron chi connectivity index (χ0n) is 13.5. The molecule has 5 rings (SSSR count). The van der Waals surface area contributed by atoms with Crippen LogP contribution in [-0.2, 0) is 7.05 Å². The Morgan fingerprint density at radius 2 is 1.96 bits per heavy atom. The summed E-state index contributed by atoms with van der Waals surface area (Å²) in [6.45, 7) is 0. The zero-order valence-corrected chi connectivity index (χ0v) is 13.5. The molecule has 4 aromatic rings. The SMILES string of the molecule is Cn1cc2c(n1)N=C(c1ccc(O)cc1F)c1ccn3nc(N)nc-2c13. The van der Waals surface area contributed by atoms with Gasteiger partial charge in [0, 0.05) is 36.6 Å². The van der Waals surface area contributed by atoms with E-state index in [0.717, 1.165) is 6.07 Å². The number of nitrogen functional groups attached to an aromatic ring is 1. The Kier molecular flexibility index (Phi) is 2.74. The molecule has 0 bridgehead atoms. The number of aromatic hydroxyl groups is 1. The topological polar surface area (TPSA) is 107 Å². The molecule has 0 spiro atoms. The first kappa shape index (κ1) is 14.6. The third kappa shape index (κ3) is 1.94. The van der Waals surface area contributed by atoms with Gasteiger partial charge in [0.2, 0.25) is 5.95 Å². The van der Waals surface area contributed by atoms with E-state index in [1.807, 2.05) is 0 Å². The summed E-state index contributed by atoms with van der Waals surface area (Å²) in [4.78, 5) is 8.97. The van der Waals surface area contributed by atoms with E-state index >= 15 is 0 Å². The van der Waals surface area contributed by atoms with Crippen LogP contribution in [-0.4, -0.2) is 35.2 Å². The summed E-state index contributed by atoms with van der Waals surface area (Å²) in [6.07, 6.45) is 3.51. The molecule has 0 amide bonds. The number of rotatable bonds is 1.